The predicted molar refractivity (Wildman–Crippen MR) is 95.5 cm³/mol. The van der Waals surface area contributed by atoms with Crippen molar-refractivity contribution in [3.05, 3.63) is 11.1 Å². The maximum atomic E-state index is 12.5. The third-order valence-electron chi connectivity index (χ3n) is 3.43. The van der Waals surface area contributed by atoms with E-state index < -0.39 is 35.8 Å². The Morgan fingerprint density at radius 2 is 2.15 bits per heavy atom. The van der Waals surface area contributed by atoms with Gasteiger partial charge in [-0.25, -0.2) is 4.98 Å². The summed E-state index contributed by atoms with van der Waals surface area (Å²) in [6.45, 7) is 0. The van der Waals surface area contributed by atoms with Crippen molar-refractivity contribution in [1.29, 1.82) is 0 Å². The Balaban J connectivity index is 2.09. The number of β-lactam (4-membered cyclic amide) rings is 1. The summed E-state index contributed by atoms with van der Waals surface area (Å²) in [5.41, 5.74) is -0.0647. The zero-order chi connectivity index (χ0) is 20.0. The lowest BCUT2D eigenvalue weighted by Crippen LogP contribution is -2.70. The molecule has 1 aliphatic heterocycles. The molecule has 27 heavy (non-hydrogen) atoms. The van der Waals surface area contributed by atoms with E-state index in [-0.39, 0.29) is 28.8 Å². The number of amides is 3. The number of nitrogens with one attached hydrogen (secondary N) is 3. The summed E-state index contributed by atoms with van der Waals surface area (Å²) in [5.74, 6) is -2.39. The summed E-state index contributed by atoms with van der Waals surface area (Å²) in [5, 5.41) is 12.8. The molecule has 0 aromatic carbocycles. The van der Waals surface area contributed by atoms with Gasteiger partial charge in [-0.3, -0.25) is 19.2 Å². The van der Waals surface area contributed by atoms with Crippen LogP contribution in [0.5, 0.6) is 0 Å². The zero-order valence-corrected chi connectivity index (χ0v) is 15.8. The number of halogens is 1. The number of hydrogen-bond donors (Lipinski definition) is 3. The maximum Gasteiger partial charge on any atom is 0.307 e. The minimum atomic E-state index is -0.923. The molecule has 0 spiro atoms. The van der Waals surface area contributed by atoms with Gasteiger partial charge in [0.15, 0.2) is 10.8 Å². The minimum absolute atomic E-state index is 0.0880. The fourth-order valence-corrected chi connectivity index (χ4v) is 2.92. The largest absolute Gasteiger partial charge is 0.469 e. The number of ether oxygens (including phenoxy) is 1. The quantitative estimate of drug-likeness (QED) is 0.165. The number of nitrogens with zero attached hydrogens (tertiary/aromatic N) is 2. The first kappa shape index (κ1) is 20.6. The number of hydrogen-bond acceptors (Lipinski definition) is 9. The van der Waals surface area contributed by atoms with Gasteiger partial charge in [-0.1, -0.05) is 5.16 Å². The number of oxime groups is 1. The Morgan fingerprint density at radius 1 is 1.41 bits per heavy atom. The van der Waals surface area contributed by atoms with Crippen molar-refractivity contribution in [3.8, 4) is 0 Å². The van der Waals surface area contributed by atoms with Crippen LogP contribution in [0, 0.1) is 0 Å². The third-order valence-corrected chi connectivity index (χ3v) is 4.43. The summed E-state index contributed by atoms with van der Waals surface area (Å²) < 4.78 is 4.54. The monoisotopic (exact) mass is 417 g/mol. The zero-order valence-electron chi connectivity index (χ0n) is 14.3. The van der Waals surface area contributed by atoms with Gasteiger partial charge in [0.2, 0.25) is 11.8 Å². The SMILES string of the molecule is CO/N=C(\C(=O)NC1C(=O)NC1CC(=O)OC)c1csc(NC(=O)CCl)n1. The van der Waals surface area contributed by atoms with Crippen molar-refractivity contribution in [2.24, 2.45) is 5.16 Å². The highest BCUT2D eigenvalue weighted by molar-refractivity contribution is 7.14. The summed E-state index contributed by atoms with van der Waals surface area (Å²) in [4.78, 5) is 55.6. The molecule has 1 saturated heterocycles. The normalized spacial score (nSPS) is 18.8. The van der Waals surface area contributed by atoms with Crippen molar-refractivity contribution in [1.82, 2.24) is 15.6 Å². The molecule has 3 N–H and O–H groups in total. The van der Waals surface area contributed by atoms with Gasteiger partial charge in [0, 0.05) is 5.38 Å². The van der Waals surface area contributed by atoms with E-state index in [0.29, 0.717) is 0 Å². The van der Waals surface area contributed by atoms with Crippen LogP contribution in [-0.4, -0.2) is 66.6 Å². The molecule has 1 aromatic heterocycles. The van der Waals surface area contributed by atoms with Gasteiger partial charge in [0.1, 0.15) is 24.7 Å². The van der Waals surface area contributed by atoms with Crippen molar-refractivity contribution in [3.63, 3.8) is 0 Å². The second kappa shape index (κ2) is 9.28. The molecule has 0 saturated carbocycles. The van der Waals surface area contributed by atoms with Crippen LogP contribution in [0.1, 0.15) is 12.1 Å². The van der Waals surface area contributed by atoms with Crippen LogP contribution in [-0.2, 0) is 28.8 Å². The average Bonchev–Trinajstić information content (AvgIpc) is 3.11. The highest BCUT2D eigenvalue weighted by Gasteiger charge is 2.42. The van der Waals surface area contributed by atoms with Gasteiger partial charge in [-0.15, -0.1) is 22.9 Å². The number of carbonyl (C=O) groups excluding carboxylic acids is 4. The molecule has 2 unspecified atom stereocenters. The molecule has 1 aromatic rings. The highest BCUT2D eigenvalue weighted by Crippen LogP contribution is 2.17. The fraction of sp³-hybridized carbons (Fsp3) is 0.429. The fourth-order valence-electron chi connectivity index (χ4n) is 2.14. The van der Waals surface area contributed by atoms with Crippen LogP contribution in [0.2, 0.25) is 0 Å². The molecule has 0 bridgehead atoms. The summed E-state index contributed by atoms with van der Waals surface area (Å²) in [6, 6.07) is -1.51. The van der Waals surface area contributed by atoms with E-state index >= 15 is 0 Å². The van der Waals surface area contributed by atoms with Gasteiger partial charge >= 0.3 is 5.97 Å². The molecular formula is C14H16ClN5O6S. The maximum absolute atomic E-state index is 12.5. The molecular weight excluding hydrogens is 402 g/mol. The third kappa shape index (κ3) is 5.14. The first-order chi connectivity index (χ1) is 12.9. The Bertz CT molecular complexity index is 782. The second-order valence-corrected chi connectivity index (χ2v) is 6.31. The van der Waals surface area contributed by atoms with E-state index in [2.05, 4.69) is 35.7 Å². The number of methoxy groups -OCH3 is 1. The smallest absolute Gasteiger partial charge is 0.307 e. The first-order valence-electron chi connectivity index (χ1n) is 7.50. The Labute approximate surface area is 162 Å². The van der Waals surface area contributed by atoms with E-state index in [1.165, 1.54) is 19.6 Å². The van der Waals surface area contributed by atoms with Crippen molar-refractivity contribution >= 4 is 57.5 Å². The summed E-state index contributed by atoms with van der Waals surface area (Å²) >= 11 is 6.47. The van der Waals surface area contributed by atoms with E-state index in [0.717, 1.165) is 11.3 Å². The molecule has 146 valence electrons. The van der Waals surface area contributed by atoms with E-state index in [4.69, 9.17) is 11.6 Å². The molecule has 1 aliphatic rings. The molecule has 11 nitrogen and oxygen atoms in total. The van der Waals surface area contributed by atoms with Crippen LogP contribution in [0.25, 0.3) is 0 Å². The number of alkyl halides is 1. The molecule has 13 heteroatoms. The predicted octanol–water partition coefficient (Wildman–Crippen LogP) is -0.783. The van der Waals surface area contributed by atoms with Gasteiger partial charge in [0.25, 0.3) is 5.91 Å². The van der Waals surface area contributed by atoms with Crippen molar-refractivity contribution in [2.75, 3.05) is 25.4 Å². The molecule has 1 fully saturated rings. The molecule has 2 heterocycles. The van der Waals surface area contributed by atoms with Gasteiger partial charge in [-0.05, 0) is 0 Å². The number of aromatic nitrogens is 1. The van der Waals surface area contributed by atoms with Crippen LogP contribution < -0.4 is 16.0 Å². The Morgan fingerprint density at radius 3 is 2.74 bits per heavy atom. The van der Waals surface area contributed by atoms with Gasteiger partial charge < -0.3 is 25.5 Å². The lowest BCUT2D eigenvalue weighted by molar-refractivity contribution is -0.144. The molecule has 3 amide bonds. The van der Waals surface area contributed by atoms with Crippen molar-refractivity contribution < 1.29 is 28.8 Å². The Kier molecular flexibility index (Phi) is 7.07. The number of carbonyl (C=O) groups is 4. The number of esters is 1. The molecule has 2 rings (SSSR count). The topological polar surface area (TPSA) is 148 Å². The summed E-state index contributed by atoms with van der Waals surface area (Å²) in [6.07, 6.45) is -0.0880. The van der Waals surface area contributed by atoms with E-state index in [1.54, 1.807) is 0 Å². The number of rotatable bonds is 8. The number of anilines is 1. The van der Waals surface area contributed by atoms with Crippen LogP contribution >= 0.6 is 22.9 Å². The molecule has 2 atom stereocenters. The highest BCUT2D eigenvalue weighted by atomic mass is 35.5. The minimum Gasteiger partial charge on any atom is -0.469 e. The molecule has 0 aliphatic carbocycles. The average molecular weight is 418 g/mol. The Hall–Kier alpha value is -2.73. The van der Waals surface area contributed by atoms with Crippen LogP contribution in [0.3, 0.4) is 0 Å². The second-order valence-electron chi connectivity index (χ2n) is 5.19. The lowest BCUT2D eigenvalue weighted by atomic mass is 9.95. The van der Waals surface area contributed by atoms with Gasteiger partial charge in [-0.2, -0.15) is 0 Å². The first-order valence-corrected chi connectivity index (χ1v) is 8.92. The van der Waals surface area contributed by atoms with Gasteiger partial charge in [0.05, 0.1) is 19.6 Å². The lowest BCUT2D eigenvalue weighted by Gasteiger charge is -2.36. The summed E-state index contributed by atoms with van der Waals surface area (Å²) in [7, 11) is 2.47. The standard InChI is InChI=1S/C14H16ClN5O6S/c1-25-9(22)3-6-10(12(23)16-6)19-13(24)11(20-26-2)7-5-27-14(17-7)18-8(21)4-15/h5-6,10H,3-4H2,1-2H3,(H,16,23)(H,19,24)(H,17,18,21)/b20-11-. The van der Waals surface area contributed by atoms with Crippen molar-refractivity contribution in [2.45, 2.75) is 18.5 Å². The number of thiazole rings is 1. The van der Waals surface area contributed by atoms with Crippen LogP contribution in [0.15, 0.2) is 10.5 Å². The van der Waals surface area contributed by atoms with Crippen LogP contribution in [0.4, 0.5) is 5.13 Å². The van der Waals surface area contributed by atoms with E-state index in [9.17, 15) is 19.2 Å². The van der Waals surface area contributed by atoms with E-state index in [1.807, 2.05) is 0 Å². The molecule has 0 radical (unpaired) electrons.